The fraction of sp³-hybridized carbons (Fsp3) is 0.667. The zero-order valence-corrected chi connectivity index (χ0v) is 21.9. The lowest BCUT2D eigenvalue weighted by Crippen LogP contribution is -2.50. The first-order valence-electron chi connectivity index (χ1n) is 10.4. The van der Waals surface area contributed by atoms with Crippen molar-refractivity contribution in [3.8, 4) is 0 Å². The van der Waals surface area contributed by atoms with Crippen LogP contribution in [0.2, 0.25) is 18.1 Å². The van der Waals surface area contributed by atoms with E-state index in [-0.39, 0.29) is 5.04 Å². The number of rotatable bonds is 4. The van der Waals surface area contributed by atoms with E-state index < -0.39 is 60.8 Å². The first-order valence-corrected chi connectivity index (χ1v) is 14.7. The normalized spacial score (nSPS) is 20.6. The second-order valence-electron chi connectivity index (χ2n) is 10.5. The molecule has 1 aliphatic rings. The first-order chi connectivity index (χ1) is 14.7. The van der Waals surface area contributed by atoms with Crippen LogP contribution in [0.25, 0.3) is 0 Å². The molecule has 0 aliphatic carbocycles. The molecule has 1 amide bonds. The molecule has 33 heavy (non-hydrogen) atoms. The number of nitrogens with zero attached hydrogens (tertiary/aromatic N) is 1. The van der Waals surface area contributed by atoms with Gasteiger partial charge >= 0.3 is 22.6 Å². The molecule has 0 N–H and O–H groups in total. The molecule has 188 valence electrons. The Labute approximate surface area is 194 Å². The predicted molar refractivity (Wildman–Crippen MR) is 119 cm³/mol. The molecule has 2 rings (SSSR count). The van der Waals surface area contributed by atoms with E-state index in [4.69, 9.17) is 13.3 Å². The lowest BCUT2D eigenvalue weighted by molar-refractivity contribution is -0.137. The Hall–Kier alpha value is -1.63. The molecule has 0 saturated carbocycles. The molecular weight excluding hydrogens is 479 g/mol. The van der Waals surface area contributed by atoms with Crippen molar-refractivity contribution >= 4 is 24.7 Å². The molecule has 0 radical (unpaired) electrons. The Morgan fingerprint density at radius 2 is 1.61 bits per heavy atom. The molecule has 1 aliphatic heterocycles. The monoisotopic (exact) mass is 511 g/mol. The van der Waals surface area contributed by atoms with E-state index in [1.807, 2.05) is 33.9 Å². The van der Waals surface area contributed by atoms with Gasteiger partial charge in [0.05, 0.1) is 18.3 Å². The third-order valence-electron chi connectivity index (χ3n) is 5.65. The SMILES string of the molecule is CC(C)(C)OC(=O)N1[C@@H]([C@@H](O[Si](C)(C)C(C)(C)C)c2ccc(C(F)(F)F)cc2)COS1(=O)=O. The van der Waals surface area contributed by atoms with Gasteiger partial charge in [-0.25, -0.2) is 4.79 Å². The molecule has 0 bridgehead atoms. The maximum atomic E-state index is 13.1. The number of amides is 1. The summed E-state index contributed by atoms with van der Waals surface area (Å²) in [6, 6.07) is 3.12. The molecule has 0 spiro atoms. The van der Waals surface area contributed by atoms with Gasteiger partial charge in [0, 0.05) is 0 Å². The number of hydrogen-bond donors (Lipinski definition) is 0. The van der Waals surface area contributed by atoms with Gasteiger partial charge in [-0.1, -0.05) is 32.9 Å². The Morgan fingerprint density at radius 1 is 1.09 bits per heavy atom. The molecular formula is C21H32F3NO6SSi. The fourth-order valence-corrected chi connectivity index (χ4v) is 5.34. The average molecular weight is 512 g/mol. The van der Waals surface area contributed by atoms with Crippen molar-refractivity contribution in [1.82, 2.24) is 4.31 Å². The average Bonchev–Trinajstić information content (AvgIpc) is 2.91. The second-order valence-corrected chi connectivity index (χ2v) is 16.7. The standard InChI is InChI=1S/C21H32F3NO6SSi/c1-19(2,3)30-18(26)25-16(13-29-32(25,27)28)17(31-33(7,8)20(4,5)6)14-9-11-15(12-10-14)21(22,23)24/h9-12,16-17H,13H2,1-8H3/t16-,17+/m1/s1. The van der Waals surface area contributed by atoms with E-state index in [0.717, 1.165) is 12.1 Å². The summed E-state index contributed by atoms with van der Waals surface area (Å²) in [4.78, 5) is 12.8. The van der Waals surface area contributed by atoms with Gasteiger partial charge in [-0.3, -0.25) is 4.18 Å². The highest BCUT2D eigenvalue weighted by Gasteiger charge is 2.51. The van der Waals surface area contributed by atoms with E-state index in [9.17, 15) is 26.4 Å². The van der Waals surface area contributed by atoms with Crippen LogP contribution in [0, 0.1) is 0 Å². The molecule has 0 aromatic heterocycles. The summed E-state index contributed by atoms with van der Waals surface area (Å²) in [6.45, 7) is 14.1. The summed E-state index contributed by atoms with van der Waals surface area (Å²) >= 11 is 0. The van der Waals surface area contributed by atoms with Gasteiger partial charge in [0.25, 0.3) is 0 Å². The van der Waals surface area contributed by atoms with E-state index in [1.165, 1.54) is 12.1 Å². The van der Waals surface area contributed by atoms with Crippen molar-refractivity contribution in [1.29, 1.82) is 0 Å². The summed E-state index contributed by atoms with van der Waals surface area (Å²) in [6.07, 6.45) is -6.73. The van der Waals surface area contributed by atoms with Crippen molar-refractivity contribution in [2.75, 3.05) is 6.61 Å². The summed E-state index contributed by atoms with van der Waals surface area (Å²) in [7, 11) is -7.05. The quantitative estimate of drug-likeness (QED) is 0.486. The predicted octanol–water partition coefficient (Wildman–Crippen LogP) is 5.65. The fourth-order valence-electron chi connectivity index (χ4n) is 2.91. The molecule has 2 atom stereocenters. The van der Waals surface area contributed by atoms with Gasteiger partial charge in [-0.15, -0.1) is 0 Å². The van der Waals surface area contributed by atoms with Crippen LogP contribution >= 0.6 is 0 Å². The third kappa shape index (κ3) is 6.49. The van der Waals surface area contributed by atoms with Crippen molar-refractivity contribution in [2.24, 2.45) is 0 Å². The van der Waals surface area contributed by atoms with Crippen LogP contribution < -0.4 is 0 Å². The minimum atomic E-state index is -4.53. The number of ether oxygens (including phenoxy) is 1. The molecule has 1 saturated heterocycles. The van der Waals surface area contributed by atoms with Crippen molar-refractivity contribution in [2.45, 2.75) is 83.6 Å². The third-order valence-corrected chi connectivity index (χ3v) is 11.4. The summed E-state index contributed by atoms with van der Waals surface area (Å²) < 4.78 is 81.6. The Balaban J connectivity index is 2.57. The van der Waals surface area contributed by atoms with Gasteiger partial charge in [0.15, 0.2) is 8.32 Å². The van der Waals surface area contributed by atoms with Crippen molar-refractivity contribution < 1.29 is 39.7 Å². The maximum absolute atomic E-state index is 13.1. The molecule has 1 heterocycles. The number of hydrogen-bond acceptors (Lipinski definition) is 6. The van der Waals surface area contributed by atoms with Crippen LogP contribution in [0.1, 0.15) is 58.8 Å². The minimum absolute atomic E-state index is 0.298. The van der Waals surface area contributed by atoms with Gasteiger partial charge in [0.2, 0.25) is 0 Å². The number of alkyl halides is 3. The molecule has 1 aromatic rings. The Kier molecular flexibility index (Phi) is 7.41. The number of carbonyl (C=O) groups is 1. The molecule has 7 nitrogen and oxygen atoms in total. The molecule has 0 unspecified atom stereocenters. The minimum Gasteiger partial charge on any atom is -0.443 e. The highest BCUT2D eigenvalue weighted by atomic mass is 32.2. The van der Waals surface area contributed by atoms with Gasteiger partial charge in [-0.05, 0) is 56.6 Å². The Morgan fingerprint density at radius 3 is 2.03 bits per heavy atom. The first kappa shape index (κ1) is 27.6. The zero-order chi connectivity index (χ0) is 25.6. The number of carbonyl (C=O) groups excluding carboxylic acids is 1. The van der Waals surface area contributed by atoms with E-state index in [1.54, 1.807) is 20.8 Å². The van der Waals surface area contributed by atoms with Crippen LogP contribution in [-0.4, -0.2) is 45.4 Å². The summed E-state index contributed by atoms with van der Waals surface area (Å²) in [5, 5.41) is -0.299. The lowest BCUT2D eigenvalue weighted by Gasteiger charge is -2.41. The van der Waals surface area contributed by atoms with Gasteiger partial charge in [0.1, 0.15) is 11.6 Å². The largest absolute Gasteiger partial charge is 0.443 e. The van der Waals surface area contributed by atoms with Crippen LogP contribution in [0.15, 0.2) is 24.3 Å². The molecule has 1 fully saturated rings. The highest BCUT2D eigenvalue weighted by molar-refractivity contribution is 7.85. The van der Waals surface area contributed by atoms with Crippen LogP contribution in [0.3, 0.4) is 0 Å². The topological polar surface area (TPSA) is 82.1 Å². The van der Waals surface area contributed by atoms with Gasteiger partial charge in [-0.2, -0.15) is 25.9 Å². The maximum Gasteiger partial charge on any atom is 0.426 e. The van der Waals surface area contributed by atoms with E-state index >= 15 is 0 Å². The van der Waals surface area contributed by atoms with Crippen molar-refractivity contribution in [3.05, 3.63) is 35.4 Å². The summed E-state index contributed by atoms with van der Waals surface area (Å²) in [5.41, 5.74) is -1.53. The highest BCUT2D eigenvalue weighted by Crippen LogP contribution is 2.43. The van der Waals surface area contributed by atoms with E-state index in [0.29, 0.717) is 9.87 Å². The molecule has 1 aromatic carbocycles. The second kappa shape index (κ2) is 8.86. The zero-order valence-electron chi connectivity index (χ0n) is 20.1. The number of benzene rings is 1. The van der Waals surface area contributed by atoms with Crippen LogP contribution in [0.5, 0.6) is 0 Å². The Bertz CT molecular complexity index is 966. The van der Waals surface area contributed by atoms with E-state index in [2.05, 4.69) is 0 Å². The van der Waals surface area contributed by atoms with Crippen LogP contribution in [0.4, 0.5) is 18.0 Å². The van der Waals surface area contributed by atoms with Crippen LogP contribution in [-0.2, 0) is 29.8 Å². The smallest absolute Gasteiger partial charge is 0.426 e. The lowest BCUT2D eigenvalue weighted by atomic mass is 10.0. The number of halogens is 3. The van der Waals surface area contributed by atoms with Gasteiger partial charge < -0.3 is 9.16 Å². The molecule has 12 heteroatoms. The summed E-state index contributed by atoms with van der Waals surface area (Å²) in [5.74, 6) is 0. The van der Waals surface area contributed by atoms with Crippen molar-refractivity contribution in [3.63, 3.8) is 0 Å².